The molecule has 2 aliphatic heterocycles. The number of piperidine rings is 1. The largest absolute Gasteiger partial charge is 0.339 e. The average molecular weight is 344 g/mol. The van der Waals surface area contributed by atoms with E-state index in [2.05, 4.69) is 39.6 Å². The van der Waals surface area contributed by atoms with Gasteiger partial charge in [-0.2, -0.15) is 0 Å². The van der Waals surface area contributed by atoms with Crippen LogP contribution in [0.4, 0.5) is 0 Å². The Kier molecular flexibility index (Phi) is 6.68. The van der Waals surface area contributed by atoms with Crippen molar-refractivity contribution < 1.29 is 4.79 Å². The molecule has 0 spiro atoms. The summed E-state index contributed by atoms with van der Waals surface area (Å²) in [5.41, 5.74) is 0. The van der Waals surface area contributed by atoms with Crippen LogP contribution in [0.2, 0.25) is 0 Å². The lowest BCUT2D eigenvalue weighted by atomic mass is 9.93. The van der Waals surface area contributed by atoms with Gasteiger partial charge in [0.25, 0.3) is 0 Å². The van der Waals surface area contributed by atoms with Crippen molar-refractivity contribution in [1.82, 2.24) is 15.1 Å². The highest BCUT2D eigenvalue weighted by molar-refractivity contribution is 7.09. The molecule has 1 aromatic rings. The van der Waals surface area contributed by atoms with E-state index in [1.165, 1.54) is 11.3 Å². The smallest absolute Gasteiger partial charge is 0.239 e. The molecule has 2 fully saturated rings. The highest BCUT2D eigenvalue weighted by Gasteiger charge is 2.30. The number of piperazine rings is 1. The van der Waals surface area contributed by atoms with E-state index in [0.29, 0.717) is 11.8 Å². The van der Waals surface area contributed by atoms with Gasteiger partial charge in [0.2, 0.25) is 5.91 Å². The Hall–Kier alpha value is -0.620. The summed E-state index contributed by atoms with van der Waals surface area (Å²) in [6.45, 7) is 7.99. The molecule has 4 nitrogen and oxygen atoms in total. The molecule has 6 heteroatoms. The van der Waals surface area contributed by atoms with Gasteiger partial charge in [-0.05, 0) is 36.8 Å². The summed E-state index contributed by atoms with van der Waals surface area (Å²) in [5.74, 6) is 0.984. The SMILES string of the molecule is CC1CCNC(C(=O)N2CCN(Cc3cccs3)CC2)C1.Cl. The van der Waals surface area contributed by atoms with Gasteiger partial charge in [0.1, 0.15) is 0 Å². The number of nitrogens with zero attached hydrogens (tertiary/aromatic N) is 2. The van der Waals surface area contributed by atoms with Gasteiger partial charge in [-0.25, -0.2) is 0 Å². The van der Waals surface area contributed by atoms with Crippen molar-refractivity contribution in [2.75, 3.05) is 32.7 Å². The van der Waals surface area contributed by atoms with E-state index >= 15 is 0 Å². The number of carbonyl (C=O) groups is 1. The zero-order valence-corrected chi connectivity index (χ0v) is 14.8. The molecule has 2 atom stereocenters. The van der Waals surface area contributed by atoms with Crippen molar-refractivity contribution in [3.8, 4) is 0 Å². The molecule has 1 amide bonds. The number of amides is 1. The second kappa shape index (κ2) is 8.29. The van der Waals surface area contributed by atoms with Crippen LogP contribution in [0, 0.1) is 5.92 Å². The minimum atomic E-state index is 0. The van der Waals surface area contributed by atoms with E-state index in [9.17, 15) is 4.79 Å². The van der Waals surface area contributed by atoms with Gasteiger partial charge in [-0.3, -0.25) is 9.69 Å². The molecule has 3 rings (SSSR count). The van der Waals surface area contributed by atoms with Crippen LogP contribution in [0.25, 0.3) is 0 Å². The number of hydrogen-bond acceptors (Lipinski definition) is 4. The summed E-state index contributed by atoms with van der Waals surface area (Å²) >= 11 is 1.81. The highest BCUT2D eigenvalue weighted by Crippen LogP contribution is 2.18. The Bertz CT molecular complexity index is 460. The lowest BCUT2D eigenvalue weighted by Crippen LogP contribution is -2.55. The van der Waals surface area contributed by atoms with Gasteiger partial charge in [0.15, 0.2) is 0 Å². The monoisotopic (exact) mass is 343 g/mol. The van der Waals surface area contributed by atoms with Gasteiger partial charge >= 0.3 is 0 Å². The molecule has 22 heavy (non-hydrogen) atoms. The Morgan fingerprint density at radius 2 is 2.14 bits per heavy atom. The first-order valence-corrected chi connectivity index (χ1v) is 8.87. The minimum Gasteiger partial charge on any atom is -0.339 e. The third-order valence-corrected chi connectivity index (χ3v) is 5.47. The minimum absolute atomic E-state index is 0. The number of carbonyl (C=O) groups excluding carboxylic acids is 1. The van der Waals surface area contributed by atoms with Gasteiger partial charge in [0.05, 0.1) is 6.04 Å². The van der Waals surface area contributed by atoms with Crippen molar-refractivity contribution in [1.29, 1.82) is 0 Å². The van der Waals surface area contributed by atoms with Gasteiger partial charge in [0, 0.05) is 37.6 Å². The Balaban J connectivity index is 0.00000176. The Morgan fingerprint density at radius 1 is 1.36 bits per heavy atom. The molecule has 0 aliphatic carbocycles. The number of hydrogen-bond donors (Lipinski definition) is 1. The van der Waals surface area contributed by atoms with Crippen LogP contribution >= 0.6 is 23.7 Å². The average Bonchev–Trinajstić information content (AvgIpc) is 3.00. The fourth-order valence-electron chi connectivity index (χ4n) is 3.27. The summed E-state index contributed by atoms with van der Waals surface area (Å²) in [7, 11) is 0. The molecule has 1 aromatic heterocycles. The van der Waals surface area contributed by atoms with Gasteiger partial charge in [-0.1, -0.05) is 13.0 Å². The predicted molar refractivity (Wildman–Crippen MR) is 93.6 cm³/mol. The lowest BCUT2D eigenvalue weighted by molar-refractivity contribution is -0.136. The van der Waals surface area contributed by atoms with E-state index in [-0.39, 0.29) is 18.4 Å². The first-order chi connectivity index (χ1) is 10.2. The van der Waals surface area contributed by atoms with E-state index in [4.69, 9.17) is 0 Å². The summed E-state index contributed by atoms with van der Waals surface area (Å²) in [5, 5.41) is 5.52. The number of thiophene rings is 1. The highest BCUT2D eigenvalue weighted by atomic mass is 35.5. The van der Waals surface area contributed by atoms with Crippen LogP contribution in [0.3, 0.4) is 0 Å². The van der Waals surface area contributed by atoms with Crippen LogP contribution in [0.5, 0.6) is 0 Å². The van der Waals surface area contributed by atoms with E-state index in [1.807, 2.05) is 11.3 Å². The van der Waals surface area contributed by atoms with Crippen molar-refractivity contribution in [3.63, 3.8) is 0 Å². The Morgan fingerprint density at radius 3 is 2.77 bits per heavy atom. The molecule has 0 radical (unpaired) electrons. The maximum absolute atomic E-state index is 12.6. The molecule has 3 heterocycles. The van der Waals surface area contributed by atoms with Gasteiger partial charge < -0.3 is 10.2 Å². The lowest BCUT2D eigenvalue weighted by Gasteiger charge is -2.38. The molecule has 1 N–H and O–H groups in total. The first kappa shape index (κ1) is 17.7. The topological polar surface area (TPSA) is 35.6 Å². The fourth-order valence-corrected chi connectivity index (χ4v) is 4.01. The standard InChI is InChI=1S/C16H25N3OS.ClH/c1-13-4-5-17-15(11-13)16(20)19-8-6-18(7-9-19)12-14-3-2-10-21-14;/h2-3,10,13,15,17H,4-9,11-12H2,1H3;1H. The van der Waals surface area contributed by atoms with Crippen LogP contribution < -0.4 is 5.32 Å². The van der Waals surface area contributed by atoms with Gasteiger partial charge in [-0.15, -0.1) is 23.7 Å². The van der Waals surface area contributed by atoms with E-state index in [1.54, 1.807) is 0 Å². The second-order valence-electron chi connectivity index (χ2n) is 6.32. The van der Waals surface area contributed by atoms with Crippen LogP contribution in [-0.4, -0.2) is 54.5 Å². The molecular formula is C16H26ClN3OS. The summed E-state index contributed by atoms with van der Waals surface area (Å²) in [4.78, 5) is 18.5. The van der Waals surface area contributed by atoms with E-state index in [0.717, 1.165) is 45.7 Å². The first-order valence-electron chi connectivity index (χ1n) is 7.99. The zero-order chi connectivity index (χ0) is 14.7. The normalized spacial score (nSPS) is 26.5. The molecule has 0 saturated carbocycles. The fraction of sp³-hybridized carbons (Fsp3) is 0.688. The third-order valence-electron chi connectivity index (χ3n) is 4.61. The zero-order valence-electron chi connectivity index (χ0n) is 13.2. The maximum Gasteiger partial charge on any atom is 0.239 e. The summed E-state index contributed by atoms with van der Waals surface area (Å²) in [6, 6.07) is 4.35. The number of rotatable bonds is 3. The molecular weight excluding hydrogens is 318 g/mol. The van der Waals surface area contributed by atoms with Crippen molar-refractivity contribution in [2.45, 2.75) is 32.4 Å². The Labute approximate surface area is 143 Å². The number of nitrogens with one attached hydrogen (secondary N) is 1. The second-order valence-corrected chi connectivity index (χ2v) is 7.35. The maximum atomic E-state index is 12.6. The number of halogens is 1. The molecule has 124 valence electrons. The molecule has 0 aromatic carbocycles. The molecule has 2 saturated heterocycles. The van der Waals surface area contributed by atoms with Crippen LogP contribution in [0.1, 0.15) is 24.6 Å². The van der Waals surface area contributed by atoms with Crippen LogP contribution in [-0.2, 0) is 11.3 Å². The molecule has 0 bridgehead atoms. The quantitative estimate of drug-likeness (QED) is 0.914. The van der Waals surface area contributed by atoms with Crippen molar-refractivity contribution in [2.24, 2.45) is 5.92 Å². The van der Waals surface area contributed by atoms with E-state index < -0.39 is 0 Å². The molecule has 2 aliphatic rings. The van der Waals surface area contributed by atoms with Crippen molar-refractivity contribution >= 4 is 29.7 Å². The third kappa shape index (κ3) is 4.44. The molecule has 2 unspecified atom stereocenters. The van der Waals surface area contributed by atoms with Crippen LogP contribution in [0.15, 0.2) is 17.5 Å². The summed E-state index contributed by atoms with van der Waals surface area (Å²) < 4.78 is 0. The predicted octanol–water partition coefficient (Wildman–Crippen LogP) is 2.20. The van der Waals surface area contributed by atoms with Crippen molar-refractivity contribution in [3.05, 3.63) is 22.4 Å². The summed E-state index contributed by atoms with van der Waals surface area (Å²) in [6.07, 6.45) is 2.19.